The second kappa shape index (κ2) is 7.68. The molecule has 2 heterocycles. The lowest BCUT2D eigenvalue weighted by Crippen LogP contribution is -2.15. The molecule has 1 aliphatic heterocycles. The lowest BCUT2D eigenvalue weighted by Gasteiger charge is -2.18. The van der Waals surface area contributed by atoms with Crippen LogP contribution >= 0.6 is 28.3 Å². The summed E-state index contributed by atoms with van der Waals surface area (Å²) in [4.78, 5) is 1.22. The summed E-state index contributed by atoms with van der Waals surface area (Å²) in [6.07, 6.45) is 0.930. The summed E-state index contributed by atoms with van der Waals surface area (Å²) in [7, 11) is 1.95. The fourth-order valence-corrected chi connectivity index (χ4v) is 2.95. The largest absolute Gasteiger partial charge is 0.481 e. The number of halogens is 1. The Morgan fingerprint density at radius 3 is 2.95 bits per heavy atom. The van der Waals surface area contributed by atoms with Crippen LogP contribution in [0.25, 0.3) is 0 Å². The predicted molar refractivity (Wildman–Crippen MR) is 89.1 cm³/mol. The Kier molecular flexibility index (Phi) is 5.90. The molecule has 0 saturated carbocycles. The van der Waals surface area contributed by atoms with Crippen molar-refractivity contribution >= 4 is 28.3 Å². The number of nitrogens with one attached hydrogen (secondary N) is 1. The van der Waals surface area contributed by atoms with Crippen molar-refractivity contribution in [2.45, 2.75) is 12.5 Å². The van der Waals surface area contributed by atoms with Gasteiger partial charge >= 0.3 is 0 Å². The first kappa shape index (κ1) is 16.1. The van der Waals surface area contributed by atoms with Crippen molar-refractivity contribution in [3.8, 4) is 17.2 Å². The quantitative estimate of drug-likeness (QED) is 0.838. The van der Waals surface area contributed by atoms with Crippen LogP contribution in [0.4, 0.5) is 0 Å². The molecule has 3 rings (SSSR count). The van der Waals surface area contributed by atoms with Crippen LogP contribution in [0.15, 0.2) is 35.7 Å². The molecule has 0 fully saturated rings. The molecule has 0 aliphatic carbocycles. The molecule has 1 N–H and O–H groups in total. The Bertz CT molecular complexity index is 562. The van der Waals surface area contributed by atoms with Crippen molar-refractivity contribution in [1.82, 2.24) is 5.32 Å². The highest BCUT2D eigenvalue weighted by Gasteiger charge is 2.22. The lowest BCUT2D eigenvalue weighted by molar-refractivity contribution is 0.159. The van der Waals surface area contributed by atoms with E-state index in [-0.39, 0.29) is 29.9 Å². The molecule has 0 saturated heterocycles. The van der Waals surface area contributed by atoms with Gasteiger partial charge in [0.15, 0.2) is 11.5 Å². The van der Waals surface area contributed by atoms with Crippen LogP contribution in [0.1, 0.15) is 17.4 Å². The average Bonchev–Trinajstić information content (AvgIpc) is 3.14. The fraction of sp³-hybridized carbons (Fsp3) is 0.333. The molecule has 0 radical (unpaired) electrons. The van der Waals surface area contributed by atoms with E-state index in [1.807, 2.05) is 31.3 Å². The maximum absolute atomic E-state index is 6.17. The smallest absolute Gasteiger partial charge is 0.231 e. The lowest BCUT2D eigenvalue weighted by atomic mass is 10.2. The van der Waals surface area contributed by atoms with E-state index in [4.69, 9.17) is 14.2 Å². The molecule has 21 heavy (non-hydrogen) atoms. The molecule has 0 unspecified atom stereocenters. The Morgan fingerprint density at radius 2 is 2.19 bits per heavy atom. The molecule has 114 valence electrons. The Labute approximate surface area is 138 Å². The van der Waals surface area contributed by atoms with Gasteiger partial charge < -0.3 is 19.5 Å². The zero-order valence-corrected chi connectivity index (χ0v) is 14.2. The maximum atomic E-state index is 6.17. The normalized spacial score (nSPS) is 13.6. The number of hydrogen-bond donors (Lipinski definition) is 1. The first-order valence-electron chi connectivity index (χ1n) is 6.62. The van der Waals surface area contributed by atoms with Gasteiger partial charge in [-0.15, -0.1) is 28.3 Å². The van der Waals surface area contributed by atoms with Crippen molar-refractivity contribution in [3.63, 3.8) is 0 Å². The second-order valence-electron chi connectivity index (χ2n) is 4.50. The topological polar surface area (TPSA) is 39.7 Å². The second-order valence-corrected chi connectivity index (χ2v) is 5.48. The van der Waals surface area contributed by atoms with Crippen LogP contribution in [0, 0.1) is 0 Å². The molecule has 2 aromatic rings. The van der Waals surface area contributed by atoms with E-state index < -0.39 is 0 Å². The number of fused-ring (bicyclic) bond motifs is 1. The average molecular weight is 372 g/mol. The zero-order chi connectivity index (χ0) is 13.8. The molecular formula is C15H18BrNO3S. The summed E-state index contributed by atoms with van der Waals surface area (Å²) in [5, 5.41) is 5.24. The van der Waals surface area contributed by atoms with Crippen molar-refractivity contribution in [1.29, 1.82) is 0 Å². The van der Waals surface area contributed by atoms with E-state index in [1.165, 1.54) is 4.88 Å². The monoisotopic (exact) mass is 371 g/mol. The van der Waals surface area contributed by atoms with E-state index in [0.717, 1.165) is 24.5 Å². The molecule has 6 heteroatoms. The first-order chi connectivity index (χ1) is 9.88. The molecule has 0 amide bonds. The van der Waals surface area contributed by atoms with Crippen LogP contribution in [0.5, 0.6) is 17.2 Å². The molecular weight excluding hydrogens is 354 g/mol. The number of ether oxygens (including phenoxy) is 3. The minimum atomic E-state index is 0. The third-order valence-corrected chi connectivity index (χ3v) is 4.11. The number of thiophene rings is 1. The Morgan fingerprint density at radius 1 is 1.29 bits per heavy atom. The van der Waals surface area contributed by atoms with Crippen molar-refractivity contribution < 1.29 is 14.2 Å². The molecule has 1 aromatic carbocycles. The molecule has 0 bridgehead atoms. The van der Waals surface area contributed by atoms with Gasteiger partial charge in [0.05, 0.1) is 0 Å². The van der Waals surface area contributed by atoms with Gasteiger partial charge in [-0.3, -0.25) is 0 Å². The zero-order valence-electron chi connectivity index (χ0n) is 11.7. The summed E-state index contributed by atoms with van der Waals surface area (Å²) in [5.41, 5.74) is 0. The van der Waals surface area contributed by atoms with Gasteiger partial charge in [0.2, 0.25) is 12.5 Å². The van der Waals surface area contributed by atoms with Gasteiger partial charge in [-0.2, -0.15) is 0 Å². The van der Waals surface area contributed by atoms with Crippen molar-refractivity contribution in [2.24, 2.45) is 0 Å². The van der Waals surface area contributed by atoms with E-state index in [2.05, 4.69) is 16.8 Å². The number of benzene rings is 1. The van der Waals surface area contributed by atoms with Gasteiger partial charge in [0, 0.05) is 11.3 Å². The van der Waals surface area contributed by atoms with Crippen LogP contribution in [0.3, 0.4) is 0 Å². The molecule has 1 atom stereocenters. The standard InChI is InChI=1S/C15H17NO3S.BrH/c1-16-8-7-11(14-6-3-9-20-14)19-13-5-2-4-12-15(13)18-10-17-12;/h2-6,9,11,16H,7-8,10H2,1H3;1H/t11-;/m0./s1. The van der Waals surface area contributed by atoms with E-state index in [1.54, 1.807) is 11.3 Å². The van der Waals surface area contributed by atoms with Crippen LogP contribution < -0.4 is 19.5 Å². The van der Waals surface area contributed by atoms with E-state index in [0.29, 0.717) is 5.75 Å². The number of rotatable bonds is 6. The fourth-order valence-electron chi connectivity index (χ4n) is 2.16. The van der Waals surface area contributed by atoms with Gasteiger partial charge in [0.1, 0.15) is 6.10 Å². The summed E-state index contributed by atoms with van der Waals surface area (Å²) < 4.78 is 17.0. The number of para-hydroxylation sites is 1. The summed E-state index contributed by atoms with van der Waals surface area (Å²) in [5.74, 6) is 2.20. The van der Waals surface area contributed by atoms with Gasteiger partial charge in [-0.1, -0.05) is 12.1 Å². The highest BCUT2D eigenvalue weighted by Crippen LogP contribution is 2.42. The van der Waals surface area contributed by atoms with Crippen molar-refractivity contribution in [2.75, 3.05) is 20.4 Å². The van der Waals surface area contributed by atoms with Crippen LogP contribution in [0.2, 0.25) is 0 Å². The van der Waals surface area contributed by atoms with E-state index >= 15 is 0 Å². The Hall–Kier alpha value is -1.24. The first-order valence-corrected chi connectivity index (χ1v) is 7.49. The summed E-state index contributed by atoms with van der Waals surface area (Å²) >= 11 is 1.71. The Balaban J connectivity index is 0.00000161. The van der Waals surface area contributed by atoms with Crippen molar-refractivity contribution in [3.05, 3.63) is 40.6 Å². The minimum absolute atomic E-state index is 0. The number of hydrogen-bond acceptors (Lipinski definition) is 5. The minimum Gasteiger partial charge on any atom is -0.481 e. The highest BCUT2D eigenvalue weighted by molar-refractivity contribution is 8.93. The summed E-state index contributed by atoms with van der Waals surface area (Å²) in [6, 6.07) is 9.89. The van der Waals surface area contributed by atoms with Crippen LogP contribution in [-0.2, 0) is 0 Å². The third-order valence-electron chi connectivity index (χ3n) is 3.15. The molecule has 0 spiro atoms. The highest BCUT2D eigenvalue weighted by atomic mass is 79.9. The third kappa shape index (κ3) is 3.70. The maximum Gasteiger partial charge on any atom is 0.231 e. The SMILES string of the molecule is Br.CNCC[C@H](Oc1cccc2c1OCO2)c1cccs1. The summed E-state index contributed by atoms with van der Waals surface area (Å²) in [6.45, 7) is 1.16. The van der Waals surface area contributed by atoms with E-state index in [9.17, 15) is 0 Å². The molecule has 4 nitrogen and oxygen atoms in total. The molecule has 1 aromatic heterocycles. The van der Waals surface area contributed by atoms with Gasteiger partial charge in [0.25, 0.3) is 0 Å². The predicted octanol–water partition coefficient (Wildman–Crippen LogP) is 3.78. The van der Waals surface area contributed by atoms with Gasteiger partial charge in [-0.05, 0) is 37.2 Å². The van der Waals surface area contributed by atoms with Crippen LogP contribution in [-0.4, -0.2) is 20.4 Å². The molecule has 1 aliphatic rings. The van der Waals surface area contributed by atoms with Gasteiger partial charge in [-0.25, -0.2) is 0 Å².